The first-order valence-corrected chi connectivity index (χ1v) is 8.54. The SMILES string of the molecule is O=C(O)CCc1cccc(NC(=O)c2ccc(C(=O)NC3CC3)cc2)c1. The molecular weight excluding hydrogens is 332 g/mol. The highest BCUT2D eigenvalue weighted by molar-refractivity contribution is 6.05. The number of nitrogens with one attached hydrogen (secondary N) is 2. The summed E-state index contributed by atoms with van der Waals surface area (Å²) in [5.74, 6) is -1.26. The minimum atomic E-state index is -0.856. The molecule has 0 spiro atoms. The number of carboxylic acid groups (broad SMARTS) is 1. The highest BCUT2D eigenvalue weighted by Crippen LogP contribution is 2.19. The number of aryl methyl sites for hydroxylation is 1. The Morgan fingerprint density at radius 3 is 2.23 bits per heavy atom. The first-order chi connectivity index (χ1) is 12.5. The highest BCUT2D eigenvalue weighted by atomic mass is 16.4. The molecule has 26 heavy (non-hydrogen) atoms. The van der Waals surface area contributed by atoms with E-state index in [4.69, 9.17) is 5.11 Å². The summed E-state index contributed by atoms with van der Waals surface area (Å²) in [6.07, 6.45) is 2.50. The average molecular weight is 352 g/mol. The van der Waals surface area contributed by atoms with Gasteiger partial charge >= 0.3 is 5.97 Å². The molecule has 1 saturated carbocycles. The fraction of sp³-hybridized carbons (Fsp3) is 0.250. The largest absolute Gasteiger partial charge is 0.481 e. The van der Waals surface area contributed by atoms with Gasteiger partial charge < -0.3 is 15.7 Å². The quantitative estimate of drug-likeness (QED) is 0.714. The van der Waals surface area contributed by atoms with Crippen molar-refractivity contribution in [1.29, 1.82) is 0 Å². The van der Waals surface area contributed by atoms with Crippen molar-refractivity contribution in [3.8, 4) is 0 Å². The van der Waals surface area contributed by atoms with Crippen LogP contribution in [0.5, 0.6) is 0 Å². The lowest BCUT2D eigenvalue weighted by molar-refractivity contribution is -0.136. The molecule has 2 aromatic carbocycles. The van der Waals surface area contributed by atoms with Gasteiger partial charge in [-0.3, -0.25) is 14.4 Å². The Balaban J connectivity index is 1.61. The van der Waals surface area contributed by atoms with Crippen molar-refractivity contribution in [1.82, 2.24) is 5.32 Å². The van der Waals surface area contributed by atoms with Crippen molar-refractivity contribution >= 4 is 23.5 Å². The predicted molar refractivity (Wildman–Crippen MR) is 97.3 cm³/mol. The molecule has 0 aromatic heterocycles. The van der Waals surface area contributed by atoms with E-state index in [1.165, 1.54) is 0 Å². The number of carbonyl (C=O) groups is 3. The van der Waals surface area contributed by atoms with Crippen LogP contribution in [0.2, 0.25) is 0 Å². The number of aliphatic carboxylic acids is 1. The van der Waals surface area contributed by atoms with Crippen LogP contribution in [0, 0.1) is 0 Å². The van der Waals surface area contributed by atoms with Crippen LogP contribution >= 0.6 is 0 Å². The van der Waals surface area contributed by atoms with Crippen LogP contribution in [0.25, 0.3) is 0 Å². The smallest absolute Gasteiger partial charge is 0.303 e. The van der Waals surface area contributed by atoms with Gasteiger partial charge in [-0.05, 0) is 61.2 Å². The Bertz CT molecular complexity index is 826. The number of carbonyl (C=O) groups excluding carboxylic acids is 2. The monoisotopic (exact) mass is 352 g/mol. The Hall–Kier alpha value is -3.15. The van der Waals surface area contributed by atoms with Gasteiger partial charge in [0.05, 0.1) is 0 Å². The third-order valence-electron chi connectivity index (χ3n) is 4.13. The molecule has 0 bridgehead atoms. The maximum atomic E-state index is 12.4. The third-order valence-corrected chi connectivity index (χ3v) is 4.13. The van der Waals surface area contributed by atoms with Gasteiger partial charge in [0, 0.05) is 29.3 Å². The zero-order chi connectivity index (χ0) is 18.5. The molecule has 0 aliphatic heterocycles. The zero-order valence-electron chi connectivity index (χ0n) is 14.2. The van der Waals surface area contributed by atoms with Crippen molar-refractivity contribution in [2.75, 3.05) is 5.32 Å². The van der Waals surface area contributed by atoms with E-state index in [2.05, 4.69) is 10.6 Å². The van der Waals surface area contributed by atoms with Gasteiger partial charge in [0.1, 0.15) is 0 Å². The molecule has 1 aliphatic rings. The number of anilines is 1. The lowest BCUT2D eigenvalue weighted by atomic mass is 10.1. The molecule has 0 heterocycles. The van der Waals surface area contributed by atoms with Gasteiger partial charge in [0.2, 0.25) is 0 Å². The molecule has 2 aromatic rings. The fourth-order valence-corrected chi connectivity index (χ4v) is 2.53. The van der Waals surface area contributed by atoms with Crippen molar-refractivity contribution in [2.45, 2.75) is 31.7 Å². The Kier molecular flexibility index (Phi) is 5.31. The Labute approximate surface area is 151 Å². The second-order valence-corrected chi connectivity index (χ2v) is 6.37. The average Bonchev–Trinajstić information content (AvgIpc) is 3.44. The molecule has 0 radical (unpaired) electrons. The van der Waals surface area contributed by atoms with Gasteiger partial charge in [-0.1, -0.05) is 12.1 Å². The molecule has 3 N–H and O–H groups in total. The van der Waals surface area contributed by atoms with Crippen LogP contribution in [0.15, 0.2) is 48.5 Å². The van der Waals surface area contributed by atoms with E-state index in [1.54, 1.807) is 42.5 Å². The molecule has 0 atom stereocenters. The van der Waals surface area contributed by atoms with E-state index in [1.807, 2.05) is 6.07 Å². The third kappa shape index (κ3) is 4.92. The highest BCUT2D eigenvalue weighted by Gasteiger charge is 2.23. The normalized spacial score (nSPS) is 13.1. The number of rotatable bonds is 7. The number of benzene rings is 2. The molecule has 2 amide bonds. The van der Waals surface area contributed by atoms with E-state index < -0.39 is 5.97 Å². The molecule has 1 aliphatic carbocycles. The zero-order valence-corrected chi connectivity index (χ0v) is 14.2. The van der Waals surface area contributed by atoms with Crippen molar-refractivity contribution in [3.05, 3.63) is 65.2 Å². The van der Waals surface area contributed by atoms with Gasteiger partial charge in [0.25, 0.3) is 11.8 Å². The van der Waals surface area contributed by atoms with Crippen molar-refractivity contribution in [3.63, 3.8) is 0 Å². The van der Waals surface area contributed by atoms with E-state index in [9.17, 15) is 14.4 Å². The van der Waals surface area contributed by atoms with Crippen LogP contribution in [-0.2, 0) is 11.2 Å². The second-order valence-electron chi connectivity index (χ2n) is 6.37. The first kappa shape index (κ1) is 17.7. The van der Waals surface area contributed by atoms with Crippen molar-refractivity contribution in [2.24, 2.45) is 0 Å². The van der Waals surface area contributed by atoms with Gasteiger partial charge in [-0.2, -0.15) is 0 Å². The summed E-state index contributed by atoms with van der Waals surface area (Å²) in [6, 6.07) is 13.9. The topological polar surface area (TPSA) is 95.5 Å². The van der Waals surface area contributed by atoms with Gasteiger partial charge in [-0.15, -0.1) is 0 Å². The lowest BCUT2D eigenvalue weighted by Gasteiger charge is -2.08. The molecule has 1 fully saturated rings. The predicted octanol–water partition coefficient (Wildman–Crippen LogP) is 2.85. The minimum absolute atomic E-state index is 0.0434. The van der Waals surface area contributed by atoms with E-state index >= 15 is 0 Å². The van der Waals surface area contributed by atoms with Crippen molar-refractivity contribution < 1.29 is 19.5 Å². The minimum Gasteiger partial charge on any atom is -0.481 e. The summed E-state index contributed by atoms with van der Waals surface area (Å²) in [5.41, 5.74) is 2.43. The number of hydrogen-bond acceptors (Lipinski definition) is 3. The van der Waals surface area contributed by atoms with E-state index in [-0.39, 0.29) is 18.2 Å². The van der Waals surface area contributed by atoms with Crippen LogP contribution in [-0.4, -0.2) is 28.9 Å². The molecule has 6 heteroatoms. The van der Waals surface area contributed by atoms with Crippen LogP contribution in [0.3, 0.4) is 0 Å². The summed E-state index contributed by atoms with van der Waals surface area (Å²) >= 11 is 0. The summed E-state index contributed by atoms with van der Waals surface area (Å²) in [5, 5.41) is 14.4. The lowest BCUT2D eigenvalue weighted by Crippen LogP contribution is -2.25. The summed E-state index contributed by atoms with van der Waals surface area (Å²) in [7, 11) is 0. The van der Waals surface area contributed by atoms with Crippen LogP contribution in [0.4, 0.5) is 5.69 Å². The van der Waals surface area contributed by atoms with Gasteiger partial charge in [0.15, 0.2) is 0 Å². The van der Waals surface area contributed by atoms with Crippen LogP contribution in [0.1, 0.15) is 45.5 Å². The molecule has 3 rings (SSSR count). The Morgan fingerprint density at radius 1 is 0.962 bits per heavy atom. The molecule has 6 nitrogen and oxygen atoms in total. The standard InChI is InChI=1S/C20H20N2O4/c23-18(24)11-4-13-2-1-3-17(12-13)22-20(26)15-7-5-14(6-8-15)19(25)21-16-9-10-16/h1-3,5-8,12,16H,4,9-11H2,(H,21,25)(H,22,26)(H,23,24). The molecule has 134 valence electrons. The molecule has 0 saturated heterocycles. The van der Waals surface area contributed by atoms with Gasteiger partial charge in [-0.25, -0.2) is 0 Å². The molecule has 0 unspecified atom stereocenters. The summed E-state index contributed by atoms with van der Waals surface area (Å²) in [4.78, 5) is 35.0. The number of carboxylic acids is 1. The van der Waals surface area contributed by atoms with Crippen LogP contribution < -0.4 is 10.6 Å². The first-order valence-electron chi connectivity index (χ1n) is 8.54. The number of hydrogen-bond donors (Lipinski definition) is 3. The summed E-state index contributed by atoms with van der Waals surface area (Å²) in [6.45, 7) is 0. The fourth-order valence-electron chi connectivity index (χ4n) is 2.53. The van der Waals surface area contributed by atoms with E-state index in [0.717, 1.165) is 18.4 Å². The molecular formula is C20H20N2O4. The summed E-state index contributed by atoms with van der Waals surface area (Å²) < 4.78 is 0. The maximum absolute atomic E-state index is 12.4. The second kappa shape index (κ2) is 7.82. The number of amides is 2. The Morgan fingerprint density at radius 2 is 1.62 bits per heavy atom. The van der Waals surface area contributed by atoms with E-state index in [0.29, 0.717) is 29.3 Å². The maximum Gasteiger partial charge on any atom is 0.303 e.